The zero-order valence-corrected chi connectivity index (χ0v) is 15.7. The van der Waals surface area contributed by atoms with Gasteiger partial charge in [-0.25, -0.2) is 0 Å². The van der Waals surface area contributed by atoms with E-state index in [1.807, 2.05) is 7.05 Å². The number of Topliss-reactive ketones (excluding diaryl/α,β-unsaturated/α-hetero) is 1. The van der Waals surface area contributed by atoms with Gasteiger partial charge in [0.05, 0.1) is 36.7 Å². The number of halogens is 1. The quantitative estimate of drug-likeness (QED) is 0.706. The smallest absolute Gasteiger partial charge is 0.163 e. The average Bonchev–Trinajstić information content (AvgIpc) is 3.11. The van der Waals surface area contributed by atoms with Crippen molar-refractivity contribution in [1.29, 1.82) is 0 Å². The second-order valence-corrected chi connectivity index (χ2v) is 8.48. The number of carbonyl (C=O) groups is 1. The molecule has 0 aromatic rings. The Balaban J connectivity index is 2.04. The van der Waals surface area contributed by atoms with Gasteiger partial charge in [0.25, 0.3) is 0 Å². The topological polar surface area (TPSA) is 79.2 Å². The van der Waals surface area contributed by atoms with Crippen molar-refractivity contribution in [1.82, 2.24) is 4.90 Å². The van der Waals surface area contributed by atoms with Crippen LogP contribution in [0.2, 0.25) is 0 Å². The Morgan fingerprint density at radius 1 is 1.24 bits per heavy atom. The van der Waals surface area contributed by atoms with Crippen molar-refractivity contribution in [2.45, 2.75) is 55.2 Å². The van der Waals surface area contributed by atoms with Gasteiger partial charge in [0.2, 0.25) is 0 Å². The highest BCUT2D eigenvalue weighted by molar-refractivity contribution is 6.24. The highest BCUT2D eigenvalue weighted by Gasteiger charge is 2.82. The molecule has 4 rings (SSSR count). The summed E-state index contributed by atoms with van der Waals surface area (Å²) in [6.07, 6.45) is 0.643. The first-order valence-corrected chi connectivity index (χ1v) is 9.34. The van der Waals surface area contributed by atoms with E-state index in [1.165, 1.54) is 7.11 Å². The SMILES string of the molecule is COC1=C(OC)[C@]23C[C@H](Cl)[C@]4(C(=O)CC[C@H]4O)[C@]2(CCN3C)CC1O. The average molecular weight is 372 g/mol. The number of alkyl halides is 1. The molecular weight excluding hydrogens is 346 g/mol. The van der Waals surface area contributed by atoms with Crippen LogP contribution in [0.25, 0.3) is 0 Å². The first kappa shape index (κ1) is 17.6. The van der Waals surface area contributed by atoms with Gasteiger partial charge in [0, 0.05) is 11.8 Å². The Morgan fingerprint density at radius 3 is 2.52 bits per heavy atom. The van der Waals surface area contributed by atoms with Crippen molar-refractivity contribution < 1.29 is 24.5 Å². The Morgan fingerprint density at radius 2 is 1.96 bits per heavy atom. The number of aliphatic hydroxyl groups is 2. The van der Waals surface area contributed by atoms with Crippen LogP contribution in [-0.2, 0) is 14.3 Å². The first-order chi connectivity index (χ1) is 11.8. The van der Waals surface area contributed by atoms with Crippen LogP contribution in [0.4, 0.5) is 0 Å². The lowest BCUT2D eigenvalue weighted by Crippen LogP contribution is -2.63. The molecule has 7 heteroatoms. The Kier molecular flexibility index (Phi) is 3.76. The van der Waals surface area contributed by atoms with E-state index in [0.717, 1.165) is 6.54 Å². The molecule has 1 aliphatic heterocycles. The summed E-state index contributed by atoms with van der Waals surface area (Å²) < 4.78 is 11.3. The molecule has 0 bridgehead atoms. The van der Waals surface area contributed by atoms with E-state index in [1.54, 1.807) is 7.11 Å². The van der Waals surface area contributed by atoms with Crippen LogP contribution < -0.4 is 0 Å². The zero-order valence-electron chi connectivity index (χ0n) is 14.9. The maximum Gasteiger partial charge on any atom is 0.163 e. The minimum absolute atomic E-state index is 0.0284. The van der Waals surface area contributed by atoms with Crippen molar-refractivity contribution in [2.75, 3.05) is 27.8 Å². The number of likely N-dealkylation sites (tertiary alicyclic amines) is 1. The summed E-state index contributed by atoms with van der Waals surface area (Å²) in [6, 6.07) is 0. The molecule has 6 nitrogen and oxygen atoms in total. The van der Waals surface area contributed by atoms with E-state index in [2.05, 4.69) is 4.90 Å². The van der Waals surface area contributed by atoms with Gasteiger partial charge in [-0.1, -0.05) is 0 Å². The highest BCUT2D eigenvalue weighted by atomic mass is 35.5. The third-order valence-corrected chi connectivity index (χ3v) is 8.08. The molecule has 3 fully saturated rings. The van der Waals surface area contributed by atoms with Crippen molar-refractivity contribution in [3.63, 3.8) is 0 Å². The summed E-state index contributed by atoms with van der Waals surface area (Å²) in [5, 5.41) is 21.3. The highest BCUT2D eigenvalue weighted by Crippen LogP contribution is 2.75. The van der Waals surface area contributed by atoms with Crippen LogP contribution in [0.15, 0.2) is 11.5 Å². The third-order valence-electron chi connectivity index (χ3n) is 7.58. The molecule has 2 saturated carbocycles. The second-order valence-electron chi connectivity index (χ2n) is 7.95. The Labute approximate surface area is 152 Å². The largest absolute Gasteiger partial charge is 0.495 e. The third kappa shape index (κ3) is 1.62. The number of aliphatic hydroxyl groups excluding tert-OH is 2. The zero-order chi connectivity index (χ0) is 18.2. The van der Waals surface area contributed by atoms with E-state index in [0.29, 0.717) is 43.6 Å². The summed E-state index contributed by atoms with van der Waals surface area (Å²) in [5.41, 5.74) is -2.33. The maximum absolute atomic E-state index is 13.1. The molecule has 25 heavy (non-hydrogen) atoms. The predicted octanol–water partition coefficient (Wildman–Crippen LogP) is 1.04. The van der Waals surface area contributed by atoms with Crippen molar-refractivity contribution in [3.05, 3.63) is 11.5 Å². The van der Waals surface area contributed by atoms with Crippen molar-refractivity contribution in [2.24, 2.45) is 10.8 Å². The van der Waals surface area contributed by atoms with Gasteiger partial charge < -0.3 is 19.7 Å². The number of carbonyl (C=O) groups excluding carboxylic acids is 1. The minimum Gasteiger partial charge on any atom is -0.495 e. The van der Waals surface area contributed by atoms with Gasteiger partial charge >= 0.3 is 0 Å². The lowest BCUT2D eigenvalue weighted by Gasteiger charge is -2.54. The Bertz CT molecular complexity index is 653. The fraction of sp³-hybridized carbons (Fsp3) is 0.833. The molecule has 4 aliphatic rings. The van der Waals surface area contributed by atoms with Gasteiger partial charge in [-0.05, 0) is 39.3 Å². The second kappa shape index (κ2) is 5.35. The molecule has 2 N–H and O–H groups in total. The monoisotopic (exact) mass is 371 g/mol. The fourth-order valence-corrected chi connectivity index (χ4v) is 7.50. The lowest BCUT2D eigenvalue weighted by molar-refractivity contribution is -0.148. The summed E-state index contributed by atoms with van der Waals surface area (Å²) in [6.45, 7) is 0.752. The maximum atomic E-state index is 13.1. The van der Waals surface area contributed by atoms with Gasteiger partial charge in [-0.15, -0.1) is 11.6 Å². The van der Waals surface area contributed by atoms with Gasteiger partial charge in [-0.3, -0.25) is 9.69 Å². The molecule has 0 aromatic carbocycles. The normalized spacial score (nSPS) is 49.7. The molecule has 0 amide bonds. The van der Waals surface area contributed by atoms with Crippen LogP contribution in [0, 0.1) is 10.8 Å². The summed E-state index contributed by atoms with van der Waals surface area (Å²) in [7, 11) is 5.09. The minimum atomic E-state index is -1.04. The van der Waals surface area contributed by atoms with Crippen LogP contribution in [0.5, 0.6) is 0 Å². The summed E-state index contributed by atoms with van der Waals surface area (Å²) in [5.74, 6) is 0.997. The van der Waals surface area contributed by atoms with E-state index >= 15 is 0 Å². The molecule has 3 aliphatic carbocycles. The van der Waals surface area contributed by atoms with Gasteiger partial charge in [0.1, 0.15) is 11.9 Å². The molecular formula is C18H26ClNO5. The van der Waals surface area contributed by atoms with Crippen LogP contribution in [0.1, 0.15) is 32.1 Å². The van der Waals surface area contributed by atoms with E-state index in [4.69, 9.17) is 21.1 Å². The molecule has 140 valence electrons. The molecule has 0 aromatic heterocycles. The lowest BCUT2D eigenvalue weighted by atomic mass is 9.52. The number of ketones is 1. The Hall–Kier alpha value is -0.820. The first-order valence-electron chi connectivity index (χ1n) is 8.91. The fourth-order valence-electron chi connectivity index (χ4n) is 6.80. The number of methoxy groups -OCH3 is 2. The van der Waals surface area contributed by atoms with Crippen LogP contribution in [-0.4, -0.2) is 71.8 Å². The van der Waals surface area contributed by atoms with Gasteiger partial charge in [-0.2, -0.15) is 0 Å². The van der Waals surface area contributed by atoms with Crippen LogP contribution in [0.3, 0.4) is 0 Å². The molecule has 1 unspecified atom stereocenters. The number of rotatable bonds is 2. The molecule has 1 saturated heterocycles. The van der Waals surface area contributed by atoms with Crippen molar-refractivity contribution in [3.8, 4) is 0 Å². The van der Waals surface area contributed by atoms with Crippen molar-refractivity contribution >= 4 is 17.4 Å². The van der Waals surface area contributed by atoms with E-state index in [9.17, 15) is 15.0 Å². The number of hydrogen-bond donors (Lipinski definition) is 2. The van der Waals surface area contributed by atoms with E-state index in [-0.39, 0.29) is 5.78 Å². The summed E-state index contributed by atoms with van der Waals surface area (Å²) in [4.78, 5) is 15.3. The predicted molar refractivity (Wildman–Crippen MR) is 91.0 cm³/mol. The van der Waals surface area contributed by atoms with Gasteiger partial charge in [0.15, 0.2) is 11.5 Å². The standard InChI is InChI=1S/C18H26ClNO5/c1-20-7-6-16-8-10(21)14(24-2)15(25-3)17(16,20)9-11(19)18(16)12(22)4-5-13(18)23/h10-12,21-22H,4-9H2,1-3H3/t10?,11-,12+,16+,17+,18-/m0/s1. The molecule has 1 spiro atoms. The van der Waals surface area contributed by atoms with E-state index < -0.39 is 34.0 Å². The number of likely N-dealkylation sites (N-methyl/N-ethyl adjacent to an activating group) is 1. The molecule has 1 heterocycles. The van der Waals surface area contributed by atoms with Crippen LogP contribution >= 0.6 is 11.6 Å². The number of nitrogens with zero attached hydrogens (tertiary/aromatic N) is 1. The molecule has 6 atom stereocenters. The number of ether oxygens (including phenoxy) is 2. The molecule has 0 radical (unpaired) electrons. The number of hydrogen-bond acceptors (Lipinski definition) is 6. The summed E-state index contributed by atoms with van der Waals surface area (Å²) >= 11 is 6.85.